The van der Waals surface area contributed by atoms with E-state index in [2.05, 4.69) is 54.7 Å². The lowest BCUT2D eigenvalue weighted by Crippen LogP contribution is -2.52. The van der Waals surface area contributed by atoms with Crippen LogP contribution in [0.25, 0.3) is 10.8 Å². The fourth-order valence-electron chi connectivity index (χ4n) is 9.73. The van der Waals surface area contributed by atoms with Gasteiger partial charge in [-0.25, -0.2) is 4.39 Å². The topological polar surface area (TPSA) is 77.0 Å². The van der Waals surface area contributed by atoms with Gasteiger partial charge in [-0.2, -0.15) is 9.97 Å². The number of aromatic hydroxyl groups is 1. The number of rotatable bonds is 5. The van der Waals surface area contributed by atoms with Crippen LogP contribution in [0, 0.1) is 9.49 Å². The quantitative estimate of drug-likeness (QED) is 0.352. The van der Waals surface area contributed by atoms with E-state index in [0.29, 0.717) is 56.2 Å². The molecule has 5 fully saturated rings. The first kappa shape index (κ1) is 27.8. The zero-order valence-corrected chi connectivity index (χ0v) is 27.2. The Kier molecular flexibility index (Phi) is 6.68. The van der Waals surface area contributed by atoms with Crippen LogP contribution in [0.2, 0.25) is 0 Å². The molecule has 6 atom stereocenters. The Morgan fingerprint density at radius 1 is 1.05 bits per heavy atom. The number of phenolic OH excluding ortho intramolecular Hbond substituents is 1. The zero-order valence-electron chi connectivity index (χ0n) is 25.0. The number of nitrogens with zero attached hydrogens (tertiary/aromatic N) is 5. The van der Waals surface area contributed by atoms with E-state index in [9.17, 15) is 9.50 Å². The van der Waals surface area contributed by atoms with Crippen molar-refractivity contribution in [3.63, 3.8) is 0 Å². The summed E-state index contributed by atoms with van der Waals surface area (Å²) in [6.07, 6.45) is 7.73. The summed E-state index contributed by atoms with van der Waals surface area (Å²) in [4.78, 5) is 17.5. The van der Waals surface area contributed by atoms with E-state index in [-0.39, 0.29) is 11.3 Å². The normalized spacial score (nSPS) is 32.7. The van der Waals surface area contributed by atoms with E-state index in [1.807, 2.05) is 18.2 Å². The number of ether oxygens (including phenoxy) is 1. The number of phenols is 1. The molecule has 5 aliphatic heterocycles. The number of alkyl halides is 1. The fraction of sp³-hybridized carbons (Fsp3) is 0.588. The molecule has 1 aliphatic carbocycles. The highest BCUT2D eigenvalue weighted by Crippen LogP contribution is 2.52. The molecule has 1 saturated carbocycles. The van der Waals surface area contributed by atoms with E-state index < -0.39 is 6.17 Å². The van der Waals surface area contributed by atoms with Crippen molar-refractivity contribution in [2.24, 2.45) is 5.92 Å². The SMILES string of the molecule is Oc1cc(N2CCc3c(nc(OC[C@@]45C[C@H](F)CN4[C@@H]4CCC[C@@H]4C5)nc3N3CC4CCC(C3)N4)C2)c2c(I)cccc2c1. The molecule has 2 unspecified atom stereocenters. The van der Waals surface area contributed by atoms with Crippen LogP contribution in [0.1, 0.15) is 56.2 Å². The minimum atomic E-state index is -0.787. The Labute approximate surface area is 271 Å². The number of piperazine rings is 1. The van der Waals surface area contributed by atoms with Gasteiger partial charge in [-0.1, -0.05) is 18.6 Å². The van der Waals surface area contributed by atoms with Gasteiger partial charge in [-0.3, -0.25) is 4.90 Å². The van der Waals surface area contributed by atoms with Crippen LogP contribution in [0.3, 0.4) is 0 Å². The van der Waals surface area contributed by atoms with Crippen molar-refractivity contribution in [2.75, 3.05) is 42.6 Å². The molecule has 232 valence electrons. The van der Waals surface area contributed by atoms with Crippen molar-refractivity contribution >= 4 is 44.9 Å². The fourth-order valence-corrected chi connectivity index (χ4v) is 10.5. The van der Waals surface area contributed by atoms with Gasteiger partial charge in [0.15, 0.2) is 0 Å². The number of benzene rings is 2. The number of hydrogen-bond acceptors (Lipinski definition) is 8. The summed E-state index contributed by atoms with van der Waals surface area (Å²) in [5.74, 6) is 1.96. The maximum absolute atomic E-state index is 14.9. The molecule has 8 nitrogen and oxygen atoms in total. The molecule has 9 rings (SSSR count). The second kappa shape index (κ2) is 10.6. The molecule has 0 spiro atoms. The van der Waals surface area contributed by atoms with Crippen LogP contribution < -0.4 is 19.9 Å². The molecule has 2 N–H and O–H groups in total. The molecule has 3 aromatic rings. The molecule has 6 aliphatic rings. The van der Waals surface area contributed by atoms with Crippen molar-refractivity contribution in [1.82, 2.24) is 20.2 Å². The number of hydrogen-bond donors (Lipinski definition) is 2. The number of fused-ring (bicyclic) bond motifs is 7. The minimum absolute atomic E-state index is 0.244. The van der Waals surface area contributed by atoms with E-state index in [0.717, 1.165) is 64.0 Å². The summed E-state index contributed by atoms with van der Waals surface area (Å²) in [6.45, 7) is 4.33. The molecule has 0 radical (unpaired) electrons. The third kappa shape index (κ3) is 4.56. The summed E-state index contributed by atoms with van der Waals surface area (Å²) in [6, 6.07) is 11.9. The maximum Gasteiger partial charge on any atom is 0.318 e. The van der Waals surface area contributed by atoms with Gasteiger partial charge in [0.05, 0.1) is 17.8 Å². The van der Waals surface area contributed by atoms with Crippen molar-refractivity contribution in [2.45, 2.75) is 87.7 Å². The van der Waals surface area contributed by atoms with Crippen LogP contribution in [-0.2, 0) is 13.0 Å². The molecule has 44 heavy (non-hydrogen) atoms. The predicted molar refractivity (Wildman–Crippen MR) is 177 cm³/mol. The molecular weight excluding hydrogens is 670 g/mol. The summed E-state index contributed by atoms with van der Waals surface area (Å²) in [7, 11) is 0. The van der Waals surface area contributed by atoms with Crippen molar-refractivity contribution < 1.29 is 14.2 Å². The van der Waals surface area contributed by atoms with Crippen molar-refractivity contribution in [3.8, 4) is 11.8 Å². The Bertz CT molecular complexity index is 1610. The average molecular weight is 711 g/mol. The number of anilines is 2. The average Bonchev–Trinajstić information content (AvgIpc) is 3.75. The van der Waals surface area contributed by atoms with E-state index in [1.165, 1.54) is 37.7 Å². The van der Waals surface area contributed by atoms with Crippen LogP contribution in [0.4, 0.5) is 15.9 Å². The monoisotopic (exact) mass is 710 g/mol. The van der Waals surface area contributed by atoms with Crippen molar-refractivity contribution in [1.29, 1.82) is 0 Å². The molecule has 2 aromatic carbocycles. The predicted octanol–water partition coefficient (Wildman–Crippen LogP) is 5.18. The lowest BCUT2D eigenvalue weighted by atomic mass is 9.89. The van der Waals surface area contributed by atoms with E-state index in [4.69, 9.17) is 14.7 Å². The Hall–Kier alpha value is -2.44. The van der Waals surface area contributed by atoms with Crippen LogP contribution in [-0.4, -0.2) is 82.6 Å². The third-order valence-corrected chi connectivity index (χ3v) is 12.4. The van der Waals surface area contributed by atoms with E-state index >= 15 is 0 Å². The first-order chi connectivity index (χ1) is 21.4. The smallest absolute Gasteiger partial charge is 0.318 e. The summed E-state index contributed by atoms with van der Waals surface area (Å²) < 4.78 is 22.6. The Balaban J connectivity index is 1.07. The Morgan fingerprint density at radius 3 is 2.77 bits per heavy atom. The summed E-state index contributed by atoms with van der Waals surface area (Å²) in [5.41, 5.74) is 3.00. The van der Waals surface area contributed by atoms with Gasteiger partial charge >= 0.3 is 6.01 Å². The van der Waals surface area contributed by atoms with Gasteiger partial charge in [0.2, 0.25) is 0 Å². The van der Waals surface area contributed by atoms with Crippen LogP contribution >= 0.6 is 22.6 Å². The first-order valence-electron chi connectivity index (χ1n) is 16.5. The third-order valence-electron chi connectivity index (χ3n) is 11.5. The molecule has 4 saturated heterocycles. The molecule has 10 heteroatoms. The lowest BCUT2D eigenvalue weighted by molar-refractivity contribution is 0.0829. The molecule has 1 aromatic heterocycles. The van der Waals surface area contributed by atoms with Crippen LogP contribution in [0.15, 0.2) is 30.3 Å². The highest BCUT2D eigenvalue weighted by Gasteiger charge is 2.58. The van der Waals surface area contributed by atoms with Gasteiger partial charge in [-0.15, -0.1) is 0 Å². The summed E-state index contributed by atoms with van der Waals surface area (Å²) in [5, 5.41) is 16.6. The molecule has 6 heterocycles. The minimum Gasteiger partial charge on any atom is -0.508 e. The highest BCUT2D eigenvalue weighted by molar-refractivity contribution is 14.1. The second-order valence-corrected chi connectivity index (χ2v) is 15.4. The van der Waals surface area contributed by atoms with Gasteiger partial charge in [0.1, 0.15) is 24.3 Å². The highest BCUT2D eigenvalue weighted by atomic mass is 127. The maximum atomic E-state index is 14.9. The number of aromatic nitrogens is 2. The Morgan fingerprint density at radius 2 is 1.91 bits per heavy atom. The second-order valence-electron chi connectivity index (χ2n) is 14.2. The van der Waals surface area contributed by atoms with Gasteiger partial charge in [-0.05, 0) is 84.6 Å². The largest absolute Gasteiger partial charge is 0.508 e. The molecular formula is C34H40FIN6O2. The molecule has 2 bridgehead atoms. The lowest BCUT2D eigenvalue weighted by Gasteiger charge is -2.38. The van der Waals surface area contributed by atoms with Gasteiger partial charge < -0.3 is 25.0 Å². The standard InChI is InChI=1S/C34H40FIN6O2/c35-22-14-34(13-21-4-2-6-29(21)42(34)15-22)19-44-33-38-28-18-40(30-12-25(43)11-20-3-1-5-27(36)31(20)30)10-9-26(28)32(39-33)41-16-23-7-8-24(17-41)37-23/h1,3,5,11-12,21-24,29,37,43H,2,4,6-10,13-19H2/t21-,22+,23?,24?,29-,34-/m1/s1. The number of nitrogens with one attached hydrogen (secondary N) is 1. The van der Waals surface area contributed by atoms with E-state index in [1.54, 1.807) is 0 Å². The van der Waals surface area contributed by atoms with Crippen molar-refractivity contribution in [3.05, 3.63) is 45.2 Å². The van der Waals surface area contributed by atoms with Gasteiger partial charge in [0.25, 0.3) is 0 Å². The summed E-state index contributed by atoms with van der Waals surface area (Å²) >= 11 is 2.40. The zero-order chi connectivity index (χ0) is 29.6. The van der Waals surface area contributed by atoms with Gasteiger partial charge in [0, 0.05) is 77.0 Å². The molecule has 0 amide bonds. The number of halogens is 2. The first-order valence-corrected chi connectivity index (χ1v) is 17.6. The van der Waals surface area contributed by atoms with Crippen LogP contribution in [0.5, 0.6) is 11.8 Å².